The van der Waals surface area contributed by atoms with Crippen LogP contribution in [0.15, 0.2) is 30.8 Å². The molecule has 2 nitrogen and oxygen atoms in total. The summed E-state index contributed by atoms with van der Waals surface area (Å²) in [7, 11) is 0. The molecule has 0 aromatic heterocycles. The van der Waals surface area contributed by atoms with E-state index in [0.717, 1.165) is 16.8 Å². The molecule has 2 heteroatoms. The fourth-order valence-corrected chi connectivity index (χ4v) is 1.27. The molecule has 0 saturated carbocycles. The molecule has 2 N–H and O–H groups in total. The fraction of sp³-hybridized carbons (Fsp3) is 0.111. The third kappa shape index (κ3) is 0.835. The van der Waals surface area contributed by atoms with Crippen molar-refractivity contribution < 1.29 is 5.11 Å². The quantitative estimate of drug-likeness (QED) is 0.582. The van der Waals surface area contributed by atoms with E-state index in [4.69, 9.17) is 0 Å². The first kappa shape index (κ1) is 6.43. The lowest BCUT2D eigenvalue weighted by Gasteiger charge is -2.01. The third-order valence-corrected chi connectivity index (χ3v) is 1.90. The van der Waals surface area contributed by atoms with Gasteiger partial charge >= 0.3 is 0 Å². The van der Waals surface area contributed by atoms with Crippen LogP contribution in [-0.4, -0.2) is 11.3 Å². The Balaban J connectivity index is 2.55. The Morgan fingerprint density at radius 2 is 2.09 bits per heavy atom. The third-order valence-electron chi connectivity index (χ3n) is 1.90. The van der Waals surface area contributed by atoms with Crippen LogP contribution in [0.1, 0.15) is 5.56 Å². The van der Waals surface area contributed by atoms with E-state index in [0.29, 0.717) is 0 Å². The summed E-state index contributed by atoms with van der Waals surface area (Å²) in [4.78, 5) is 0. The second-order valence-electron chi connectivity index (χ2n) is 2.62. The van der Waals surface area contributed by atoms with Crippen molar-refractivity contribution in [3.8, 4) is 0 Å². The number of fused-ring (bicyclic) bond motifs is 1. The predicted molar refractivity (Wildman–Crippen MR) is 45.1 cm³/mol. The van der Waals surface area contributed by atoms with Crippen LogP contribution >= 0.6 is 0 Å². The molecule has 1 heterocycles. The van der Waals surface area contributed by atoms with Crippen molar-refractivity contribution in [2.24, 2.45) is 0 Å². The van der Waals surface area contributed by atoms with Gasteiger partial charge in [0.15, 0.2) is 6.23 Å². The lowest BCUT2D eigenvalue weighted by Crippen LogP contribution is -2.11. The number of hydrogen-bond acceptors (Lipinski definition) is 2. The van der Waals surface area contributed by atoms with Crippen LogP contribution in [0.2, 0.25) is 0 Å². The highest BCUT2D eigenvalue weighted by Gasteiger charge is 2.20. The maximum Gasteiger partial charge on any atom is 0.150 e. The van der Waals surface area contributed by atoms with E-state index in [9.17, 15) is 5.11 Å². The zero-order chi connectivity index (χ0) is 7.84. The molecule has 1 aromatic rings. The van der Waals surface area contributed by atoms with E-state index in [1.165, 1.54) is 0 Å². The number of para-hydroxylation sites is 1. The van der Waals surface area contributed by atoms with Gasteiger partial charge in [0.1, 0.15) is 0 Å². The summed E-state index contributed by atoms with van der Waals surface area (Å²) in [6.45, 7) is 3.76. The second-order valence-corrected chi connectivity index (χ2v) is 2.62. The predicted octanol–water partition coefficient (Wildman–Crippen LogP) is 1.44. The summed E-state index contributed by atoms with van der Waals surface area (Å²) >= 11 is 0. The second kappa shape index (κ2) is 2.10. The van der Waals surface area contributed by atoms with Crippen LogP contribution in [0.5, 0.6) is 0 Å². The molecule has 0 aliphatic carbocycles. The van der Waals surface area contributed by atoms with Crippen molar-refractivity contribution in [3.63, 3.8) is 0 Å². The van der Waals surface area contributed by atoms with Gasteiger partial charge in [0.05, 0.1) is 0 Å². The van der Waals surface area contributed by atoms with Crippen molar-refractivity contribution in [3.05, 3.63) is 36.4 Å². The van der Waals surface area contributed by atoms with E-state index in [1.807, 2.05) is 24.3 Å². The summed E-state index contributed by atoms with van der Waals surface area (Å²) in [6, 6.07) is 7.73. The molecule has 0 amide bonds. The Morgan fingerprint density at radius 1 is 1.36 bits per heavy atom. The SMILES string of the molecule is C=C1c2ccccc2NC1O. The number of nitrogens with one attached hydrogen (secondary N) is 1. The topological polar surface area (TPSA) is 32.3 Å². The summed E-state index contributed by atoms with van der Waals surface area (Å²) in [5.41, 5.74) is 2.73. The summed E-state index contributed by atoms with van der Waals surface area (Å²) in [5.74, 6) is 0. The van der Waals surface area contributed by atoms with Crippen molar-refractivity contribution in [1.29, 1.82) is 0 Å². The van der Waals surface area contributed by atoms with Gasteiger partial charge in [-0.05, 0) is 6.07 Å². The highest BCUT2D eigenvalue weighted by atomic mass is 16.3. The number of aliphatic hydroxyl groups excluding tert-OH is 1. The molecule has 0 spiro atoms. The van der Waals surface area contributed by atoms with Gasteiger partial charge in [0.2, 0.25) is 0 Å². The van der Waals surface area contributed by atoms with Gasteiger partial charge in [-0.2, -0.15) is 0 Å². The van der Waals surface area contributed by atoms with Crippen LogP contribution in [0, 0.1) is 0 Å². The van der Waals surface area contributed by atoms with Gasteiger partial charge in [-0.25, -0.2) is 0 Å². The van der Waals surface area contributed by atoms with Crippen LogP contribution in [0.25, 0.3) is 5.57 Å². The van der Waals surface area contributed by atoms with Crippen molar-refractivity contribution in [2.45, 2.75) is 6.23 Å². The van der Waals surface area contributed by atoms with Gasteiger partial charge in [0.25, 0.3) is 0 Å². The summed E-state index contributed by atoms with van der Waals surface area (Å²) in [6.07, 6.45) is -0.604. The number of aliphatic hydroxyl groups is 1. The Bertz CT molecular complexity index is 306. The molecule has 0 saturated heterocycles. The molecule has 1 aromatic carbocycles. The normalized spacial score (nSPS) is 21.2. The Kier molecular flexibility index (Phi) is 1.23. The molecule has 1 aliphatic heterocycles. The maximum absolute atomic E-state index is 9.31. The lowest BCUT2D eigenvalue weighted by molar-refractivity contribution is 0.266. The number of rotatable bonds is 0. The minimum Gasteiger partial charge on any atom is -0.369 e. The van der Waals surface area contributed by atoms with Gasteiger partial charge < -0.3 is 10.4 Å². The van der Waals surface area contributed by atoms with Gasteiger partial charge in [-0.15, -0.1) is 0 Å². The highest BCUT2D eigenvalue weighted by Crippen LogP contribution is 2.31. The van der Waals surface area contributed by atoms with Gasteiger partial charge in [-0.3, -0.25) is 0 Å². The van der Waals surface area contributed by atoms with Crippen LogP contribution in [-0.2, 0) is 0 Å². The zero-order valence-electron chi connectivity index (χ0n) is 6.04. The molecule has 0 fully saturated rings. The standard InChI is InChI=1S/C9H9NO/c1-6-7-4-2-3-5-8(7)10-9(6)11/h2-5,9-11H,1H2. The summed E-state index contributed by atoms with van der Waals surface area (Å²) in [5, 5.41) is 12.2. The van der Waals surface area contributed by atoms with Gasteiger partial charge in [-0.1, -0.05) is 24.8 Å². The molecule has 0 radical (unpaired) electrons. The highest BCUT2D eigenvalue weighted by molar-refractivity contribution is 5.84. The van der Waals surface area contributed by atoms with Crippen molar-refractivity contribution in [1.82, 2.24) is 0 Å². The molecule has 2 rings (SSSR count). The van der Waals surface area contributed by atoms with Crippen LogP contribution in [0.4, 0.5) is 5.69 Å². The average molecular weight is 147 g/mol. The Morgan fingerprint density at radius 3 is 2.82 bits per heavy atom. The monoisotopic (exact) mass is 147 g/mol. The number of benzene rings is 1. The lowest BCUT2D eigenvalue weighted by atomic mass is 10.1. The molecule has 56 valence electrons. The first-order valence-electron chi connectivity index (χ1n) is 3.52. The van der Waals surface area contributed by atoms with Gasteiger partial charge in [0, 0.05) is 16.8 Å². The molecular weight excluding hydrogens is 138 g/mol. The molecule has 1 atom stereocenters. The summed E-state index contributed by atoms with van der Waals surface area (Å²) < 4.78 is 0. The number of anilines is 1. The fourth-order valence-electron chi connectivity index (χ4n) is 1.27. The van der Waals surface area contributed by atoms with E-state index in [2.05, 4.69) is 11.9 Å². The minimum absolute atomic E-state index is 0.604. The molecule has 11 heavy (non-hydrogen) atoms. The smallest absolute Gasteiger partial charge is 0.150 e. The number of hydrogen-bond donors (Lipinski definition) is 2. The largest absolute Gasteiger partial charge is 0.369 e. The van der Waals surface area contributed by atoms with E-state index >= 15 is 0 Å². The zero-order valence-corrected chi connectivity index (χ0v) is 6.04. The Hall–Kier alpha value is -1.28. The van der Waals surface area contributed by atoms with E-state index in [1.54, 1.807) is 0 Å². The van der Waals surface area contributed by atoms with Crippen molar-refractivity contribution in [2.75, 3.05) is 5.32 Å². The first-order valence-corrected chi connectivity index (χ1v) is 3.52. The molecule has 0 bridgehead atoms. The molecule has 1 unspecified atom stereocenters. The van der Waals surface area contributed by atoms with Crippen LogP contribution in [0.3, 0.4) is 0 Å². The first-order chi connectivity index (χ1) is 5.29. The Labute approximate surface area is 65.2 Å². The minimum atomic E-state index is -0.604. The van der Waals surface area contributed by atoms with Crippen molar-refractivity contribution >= 4 is 11.3 Å². The van der Waals surface area contributed by atoms with Crippen LogP contribution < -0.4 is 5.32 Å². The van der Waals surface area contributed by atoms with E-state index < -0.39 is 6.23 Å². The van der Waals surface area contributed by atoms with E-state index in [-0.39, 0.29) is 0 Å². The average Bonchev–Trinajstić information content (AvgIpc) is 2.30. The molecular formula is C9H9NO. The molecule has 1 aliphatic rings. The maximum atomic E-state index is 9.31.